The van der Waals surface area contributed by atoms with Crippen molar-refractivity contribution in [2.24, 2.45) is 0 Å². The number of rotatable bonds is 6. The van der Waals surface area contributed by atoms with Crippen LogP contribution in [-0.4, -0.2) is 65.3 Å². The number of nitrogens with zero attached hydrogens (tertiary/aromatic N) is 4. The van der Waals surface area contributed by atoms with Gasteiger partial charge in [0.05, 0.1) is 34.1 Å². The van der Waals surface area contributed by atoms with Crippen molar-refractivity contribution >= 4 is 59.9 Å². The maximum atomic E-state index is 12.7. The molecule has 4 aromatic rings. The monoisotopic (exact) mass is 489 g/mol. The van der Waals surface area contributed by atoms with Crippen LogP contribution in [0.3, 0.4) is 0 Å². The molecule has 0 spiro atoms. The number of ether oxygens (including phenoxy) is 1. The fourth-order valence-electron chi connectivity index (χ4n) is 3.42. The van der Waals surface area contributed by atoms with Crippen LogP contribution in [0.5, 0.6) is 0 Å². The maximum absolute atomic E-state index is 12.7. The van der Waals surface area contributed by atoms with Crippen LogP contribution in [0.1, 0.15) is 0 Å². The lowest BCUT2D eigenvalue weighted by Gasteiger charge is -2.26. The van der Waals surface area contributed by atoms with Crippen LogP contribution in [-0.2, 0) is 19.6 Å². The summed E-state index contributed by atoms with van der Waals surface area (Å²) < 4.78 is 35.1. The molecule has 0 saturated carbocycles. The van der Waals surface area contributed by atoms with Gasteiger partial charge in [0, 0.05) is 18.8 Å². The first-order chi connectivity index (χ1) is 15.5. The number of para-hydroxylation sites is 1. The molecule has 5 rings (SSSR count). The second kappa shape index (κ2) is 8.79. The number of morpholine rings is 1. The fourth-order valence-corrected chi connectivity index (χ4v) is 6.60. The van der Waals surface area contributed by atoms with Gasteiger partial charge < -0.3 is 10.1 Å². The number of thiazole rings is 1. The SMILES string of the molecule is O=C(CSc1nnc2sc3ccccc3n12)Nc1ccc(S(=O)(=O)N2CCOCC2)cc1. The van der Waals surface area contributed by atoms with Gasteiger partial charge in [-0.25, -0.2) is 8.42 Å². The zero-order valence-electron chi connectivity index (χ0n) is 16.8. The van der Waals surface area contributed by atoms with Crippen molar-refractivity contribution in [2.75, 3.05) is 37.4 Å². The summed E-state index contributed by atoms with van der Waals surface area (Å²) in [6, 6.07) is 14.2. The van der Waals surface area contributed by atoms with Crippen molar-refractivity contribution in [1.82, 2.24) is 18.9 Å². The Labute approximate surface area is 192 Å². The Bertz CT molecular complexity index is 1380. The van der Waals surface area contributed by atoms with Crippen LogP contribution in [0.15, 0.2) is 58.6 Å². The number of hydrogen-bond acceptors (Lipinski definition) is 8. The second-order valence-electron chi connectivity index (χ2n) is 7.05. The van der Waals surface area contributed by atoms with Crippen LogP contribution < -0.4 is 5.32 Å². The standard InChI is InChI=1S/C20H19N5O4S3/c26-18(13-30-19-22-23-20-25(19)16-3-1-2-4-17(16)31-20)21-14-5-7-15(8-6-14)32(27,28)24-9-11-29-12-10-24/h1-8H,9-13H2,(H,21,26). The molecule has 1 fully saturated rings. The largest absolute Gasteiger partial charge is 0.379 e. The number of fused-ring (bicyclic) bond motifs is 3. The Hall–Kier alpha value is -2.51. The van der Waals surface area contributed by atoms with Crippen molar-refractivity contribution in [3.8, 4) is 0 Å². The molecular formula is C20H19N5O4S3. The van der Waals surface area contributed by atoms with E-state index in [1.807, 2.05) is 28.7 Å². The van der Waals surface area contributed by atoms with Crippen LogP contribution in [0.4, 0.5) is 5.69 Å². The van der Waals surface area contributed by atoms with E-state index in [0.717, 1.165) is 15.2 Å². The quantitative estimate of drug-likeness (QED) is 0.415. The number of carbonyl (C=O) groups is 1. The molecule has 1 aliphatic rings. The summed E-state index contributed by atoms with van der Waals surface area (Å²) >= 11 is 2.85. The second-order valence-corrected chi connectivity index (χ2v) is 10.9. The molecule has 0 aliphatic carbocycles. The molecule has 3 heterocycles. The predicted octanol–water partition coefficient (Wildman–Crippen LogP) is 2.70. The minimum atomic E-state index is -3.56. The van der Waals surface area contributed by atoms with Gasteiger partial charge >= 0.3 is 0 Å². The molecule has 0 radical (unpaired) electrons. The van der Waals surface area contributed by atoms with Crippen molar-refractivity contribution < 1.29 is 17.9 Å². The molecule has 166 valence electrons. The maximum Gasteiger partial charge on any atom is 0.243 e. The van der Waals surface area contributed by atoms with E-state index in [-0.39, 0.29) is 16.6 Å². The lowest BCUT2D eigenvalue weighted by atomic mass is 10.3. The van der Waals surface area contributed by atoms with E-state index >= 15 is 0 Å². The highest BCUT2D eigenvalue weighted by Crippen LogP contribution is 2.29. The summed E-state index contributed by atoms with van der Waals surface area (Å²) in [7, 11) is -3.56. The van der Waals surface area contributed by atoms with E-state index in [2.05, 4.69) is 15.5 Å². The molecule has 0 bridgehead atoms. The average Bonchev–Trinajstić information content (AvgIpc) is 3.38. The van der Waals surface area contributed by atoms with Gasteiger partial charge in [-0.1, -0.05) is 35.2 Å². The van der Waals surface area contributed by atoms with E-state index in [1.54, 1.807) is 23.5 Å². The zero-order valence-corrected chi connectivity index (χ0v) is 19.3. The highest BCUT2D eigenvalue weighted by molar-refractivity contribution is 7.99. The third-order valence-corrected chi connectivity index (χ3v) is 8.84. The van der Waals surface area contributed by atoms with Crippen LogP contribution in [0.2, 0.25) is 0 Å². The predicted molar refractivity (Wildman–Crippen MR) is 124 cm³/mol. The first-order valence-corrected chi connectivity index (χ1v) is 13.1. The Kier molecular flexibility index (Phi) is 5.86. The Morgan fingerprint density at radius 2 is 1.84 bits per heavy atom. The average molecular weight is 490 g/mol. The molecule has 2 aromatic heterocycles. The number of anilines is 1. The highest BCUT2D eigenvalue weighted by atomic mass is 32.2. The molecule has 1 N–H and O–H groups in total. The van der Waals surface area contributed by atoms with Crippen LogP contribution in [0.25, 0.3) is 15.2 Å². The first kappa shape index (κ1) is 21.3. The summed E-state index contributed by atoms with van der Waals surface area (Å²) in [6.45, 7) is 1.47. The van der Waals surface area contributed by atoms with Crippen molar-refractivity contribution in [2.45, 2.75) is 10.1 Å². The van der Waals surface area contributed by atoms with E-state index < -0.39 is 10.0 Å². The molecule has 1 aliphatic heterocycles. The Morgan fingerprint density at radius 1 is 1.09 bits per heavy atom. The highest BCUT2D eigenvalue weighted by Gasteiger charge is 2.26. The number of sulfonamides is 1. The summed E-state index contributed by atoms with van der Waals surface area (Å²) in [5.74, 6) is -0.0613. The number of aromatic nitrogens is 3. The number of hydrogen-bond donors (Lipinski definition) is 1. The van der Waals surface area contributed by atoms with Crippen molar-refractivity contribution in [3.63, 3.8) is 0 Å². The van der Waals surface area contributed by atoms with E-state index in [1.165, 1.54) is 28.2 Å². The topological polar surface area (TPSA) is 106 Å². The summed E-state index contributed by atoms with van der Waals surface area (Å²) in [5, 5.41) is 11.8. The van der Waals surface area contributed by atoms with Gasteiger partial charge in [0.1, 0.15) is 0 Å². The van der Waals surface area contributed by atoms with Gasteiger partial charge in [0.15, 0.2) is 5.16 Å². The third-order valence-electron chi connectivity index (χ3n) is 4.99. The smallest absolute Gasteiger partial charge is 0.243 e. The molecule has 2 aromatic carbocycles. The number of benzene rings is 2. The van der Waals surface area contributed by atoms with Gasteiger partial charge in [-0.3, -0.25) is 9.20 Å². The summed E-state index contributed by atoms with van der Waals surface area (Å²) in [5.41, 5.74) is 1.54. The molecule has 9 nitrogen and oxygen atoms in total. The van der Waals surface area contributed by atoms with Crippen molar-refractivity contribution in [1.29, 1.82) is 0 Å². The van der Waals surface area contributed by atoms with Gasteiger partial charge in [0.25, 0.3) is 0 Å². The number of thioether (sulfide) groups is 1. The van der Waals surface area contributed by atoms with Gasteiger partial charge in [0.2, 0.25) is 20.9 Å². The van der Waals surface area contributed by atoms with Crippen molar-refractivity contribution in [3.05, 3.63) is 48.5 Å². The molecule has 1 amide bonds. The van der Waals surface area contributed by atoms with Gasteiger partial charge in [-0.2, -0.15) is 4.31 Å². The Morgan fingerprint density at radius 3 is 2.62 bits per heavy atom. The van der Waals surface area contributed by atoms with E-state index in [9.17, 15) is 13.2 Å². The number of amides is 1. The lowest BCUT2D eigenvalue weighted by Crippen LogP contribution is -2.40. The van der Waals surface area contributed by atoms with E-state index in [4.69, 9.17) is 4.74 Å². The fraction of sp³-hybridized carbons (Fsp3) is 0.250. The van der Waals surface area contributed by atoms with E-state index in [0.29, 0.717) is 37.1 Å². The summed E-state index contributed by atoms with van der Waals surface area (Å²) in [6.07, 6.45) is 0. The minimum Gasteiger partial charge on any atom is -0.379 e. The molecular weight excluding hydrogens is 470 g/mol. The Balaban J connectivity index is 1.23. The molecule has 0 atom stereocenters. The lowest BCUT2D eigenvalue weighted by molar-refractivity contribution is -0.113. The normalized spacial score (nSPS) is 15.4. The van der Waals surface area contributed by atoms with Crippen LogP contribution in [0, 0.1) is 0 Å². The minimum absolute atomic E-state index is 0.152. The van der Waals surface area contributed by atoms with Gasteiger partial charge in [-0.05, 0) is 36.4 Å². The molecule has 0 unspecified atom stereocenters. The third kappa shape index (κ3) is 4.11. The molecule has 12 heteroatoms. The molecule has 1 saturated heterocycles. The first-order valence-electron chi connectivity index (χ1n) is 9.86. The molecule has 32 heavy (non-hydrogen) atoms. The number of nitrogens with one attached hydrogen (secondary N) is 1. The van der Waals surface area contributed by atoms with Crippen LogP contribution >= 0.6 is 23.1 Å². The zero-order chi connectivity index (χ0) is 22.1. The van der Waals surface area contributed by atoms with Gasteiger partial charge in [-0.15, -0.1) is 10.2 Å². The number of carbonyl (C=O) groups excluding carboxylic acids is 1. The summed E-state index contributed by atoms with van der Waals surface area (Å²) in [4.78, 5) is 13.4.